The van der Waals surface area contributed by atoms with Crippen LogP contribution in [0.5, 0.6) is 5.75 Å². The van der Waals surface area contributed by atoms with E-state index in [0.717, 1.165) is 11.4 Å². The Morgan fingerprint density at radius 1 is 1.44 bits per heavy atom. The molecule has 0 spiro atoms. The minimum Gasteiger partial charge on any atom is -0.495 e. The number of thiazole rings is 1. The summed E-state index contributed by atoms with van der Waals surface area (Å²) in [6, 6.07) is 5.89. The smallest absolute Gasteiger partial charge is 0.137 e. The third-order valence-corrected chi connectivity index (χ3v) is 4.12. The van der Waals surface area contributed by atoms with E-state index in [2.05, 4.69) is 17.2 Å². The molecule has 1 unspecified atom stereocenters. The van der Waals surface area contributed by atoms with Crippen LogP contribution in [-0.4, -0.2) is 12.1 Å². The molecule has 2 aromatic rings. The molecular formula is C13H15ClN2OS. The van der Waals surface area contributed by atoms with Gasteiger partial charge in [-0.25, -0.2) is 4.98 Å². The van der Waals surface area contributed by atoms with Crippen LogP contribution in [0.1, 0.15) is 23.5 Å². The summed E-state index contributed by atoms with van der Waals surface area (Å²) in [5.41, 5.74) is 3.91. The summed E-state index contributed by atoms with van der Waals surface area (Å²) < 4.78 is 5.13. The molecule has 1 heterocycles. The molecule has 0 aliphatic carbocycles. The maximum Gasteiger partial charge on any atom is 0.137 e. The van der Waals surface area contributed by atoms with Gasteiger partial charge in [-0.15, -0.1) is 11.3 Å². The van der Waals surface area contributed by atoms with Crippen molar-refractivity contribution in [3.8, 4) is 5.75 Å². The van der Waals surface area contributed by atoms with Crippen molar-refractivity contribution in [3.05, 3.63) is 39.3 Å². The first kappa shape index (κ1) is 13.2. The van der Waals surface area contributed by atoms with Crippen LogP contribution in [0.4, 0.5) is 5.69 Å². The van der Waals surface area contributed by atoms with Crippen molar-refractivity contribution in [2.45, 2.75) is 19.9 Å². The number of hydrogen-bond donors (Lipinski definition) is 1. The van der Waals surface area contributed by atoms with Gasteiger partial charge in [-0.1, -0.05) is 11.6 Å². The van der Waals surface area contributed by atoms with Gasteiger partial charge in [0, 0.05) is 10.6 Å². The van der Waals surface area contributed by atoms with Crippen molar-refractivity contribution in [1.29, 1.82) is 0 Å². The lowest BCUT2D eigenvalue weighted by Gasteiger charge is -2.15. The molecule has 1 aromatic carbocycles. The Kier molecular flexibility index (Phi) is 4.09. The Balaban J connectivity index is 2.15. The second-order valence-electron chi connectivity index (χ2n) is 4.02. The van der Waals surface area contributed by atoms with Crippen molar-refractivity contribution in [2.24, 2.45) is 0 Å². The molecule has 0 aliphatic heterocycles. The third-order valence-electron chi connectivity index (χ3n) is 2.71. The third kappa shape index (κ3) is 2.76. The molecule has 0 bridgehead atoms. The minimum atomic E-state index is 0.210. The van der Waals surface area contributed by atoms with Crippen LogP contribution in [0, 0.1) is 6.92 Å². The number of nitrogens with zero attached hydrogens (tertiary/aromatic N) is 1. The summed E-state index contributed by atoms with van der Waals surface area (Å²) in [5, 5.41) is 4.01. The monoisotopic (exact) mass is 282 g/mol. The van der Waals surface area contributed by atoms with E-state index in [4.69, 9.17) is 16.3 Å². The number of aryl methyl sites for hydroxylation is 1. The Bertz CT molecular complexity index is 542. The molecule has 2 rings (SSSR count). The maximum absolute atomic E-state index is 6.09. The average Bonchev–Trinajstić information content (AvgIpc) is 2.76. The van der Waals surface area contributed by atoms with E-state index in [9.17, 15) is 0 Å². The molecule has 0 saturated heterocycles. The molecule has 5 heteroatoms. The van der Waals surface area contributed by atoms with E-state index in [-0.39, 0.29) is 6.04 Å². The van der Waals surface area contributed by atoms with Gasteiger partial charge in [-0.05, 0) is 32.0 Å². The summed E-state index contributed by atoms with van der Waals surface area (Å²) in [4.78, 5) is 5.49. The number of halogens is 1. The molecule has 0 fully saturated rings. The molecule has 0 aliphatic rings. The molecule has 1 atom stereocenters. The quantitative estimate of drug-likeness (QED) is 0.908. The molecule has 1 N–H and O–H groups in total. The fourth-order valence-corrected chi connectivity index (χ4v) is 2.87. The Morgan fingerprint density at radius 2 is 2.22 bits per heavy atom. The lowest BCUT2D eigenvalue weighted by Crippen LogP contribution is -2.06. The summed E-state index contributed by atoms with van der Waals surface area (Å²) in [7, 11) is 1.61. The van der Waals surface area contributed by atoms with Gasteiger partial charge in [0.1, 0.15) is 5.75 Å². The first-order valence-corrected chi connectivity index (χ1v) is 6.87. The fourth-order valence-electron chi connectivity index (χ4n) is 1.80. The molecule has 1 aromatic heterocycles. The molecular weight excluding hydrogens is 268 g/mol. The zero-order chi connectivity index (χ0) is 13.1. The van der Waals surface area contributed by atoms with E-state index in [0.29, 0.717) is 10.8 Å². The molecule has 0 saturated carbocycles. The molecule has 0 radical (unpaired) electrons. The first-order chi connectivity index (χ1) is 8.61. The average molecular weight is 283 g/mol. The van der Waals surface area contributed by atoms with Gasteiger partial charge >= 0.3 is 0 Å². The molecule has 3 nitrogen and oxygen atoms in total. The van der Waals surface area contributed by atoms with Gasteiger partial charge in [0.05, 0.1) is 29.4 Å². The van der Waals surface area contributed by atoms with Crippen molar-refractivity contribution in [3.63, 3.8) is 0 Å². The molecule has 18 heavy (non-hydrogen) atoms. The second kappa shape index (κ2) is 5.59. The summed E-state index contributed by atoms with van der Waals surface area (Å²) in [6.07, 6.45) is 0. The summed E-state index contributed by atoms with van der Waals surface area (Å²) >= 11 is 7.75. The van der Waals surface area contributed by atoms with Gasteiger partial charge < -0.3 is 10.1 Å². The zero-order valence-electron chi connectivity index (χ0n) is 10.5. The highest BCUT2D eigenvalue weighted by Gasteiger charge is 2.11. The zero-order valence-corrected chi connectivity index (χ0v) is 12.1. The first-order valence-electron chi connectivity index (χ1n) is 5.62. The number of benzene rings is 1. The van der Waals surface area contributed by atoms with Crippen LogP contribution in [0.25, 0.3) is 0 Å². The van der Waals surface area contributed by atoms with E-state index < -0.39 is 0 Å². The van der Waals surface area contributed by atoms with Gasteiger partial charge in [0.25, 0.3) is 0 Å². The Labute approximate surface area is 116 Å². The van der Waals surface area contributed by atoms with Crippen LogP contribution >= 0.6 is 22.9 Å². The SMILES string of the molecule is COc1ccc(NC(C)c2scnc2C)cc1Cl. The van der Waals surface area contributed by atoms with Gasteiger partial charge in [0.15, 0.2) is 0 Å². The van der Waals surface area contributed by atoms with Gasteiger partial charge in [-0.2, -0.15) is 0 Å². The van der Waals surface area contributed by atoms with Crippen LogP contribution in [-0.2, 0) is 0 Å². The van der Waals surface area contributed by atoms with E-state index in [1.54, 1.807) is 18.4 Å². The highest BCUT2D eigenvalue weighted by molar-refractivity contribution is 7.09. The lowest BCUT2D eigenvalue weighted by atomic mass is 10.2. The fraction of sp³-hybridized carbons (Fsp3) is 0.308. The lowest BCUT2D eigenvalue weighted by molar-refractivity contribution is 0.415. The number of nitrogens with one attached hydrogen (secondary N) is 1. The van der Waals surface area contributed by atoms with Crippen molar-refractivity contribution >= 4 is 28.6 Å². The number of hydrogen-bond acceptors (Lipinski definition) is 4. The summed E-state index contributed by atoms with van der Waals surface area (Å²) in [6.45, 7) is 4.13. The molecule has 0 amide bonds. The standard InChI is InChI=1S/C13H15ClN2OS/c1-8-13(18-7-15-8)9(2)16-10-4-5-12(17-3)11(14)6-10/h4-7,9,16H,1-3H3. The van der Waals surface area contributed by atoms with E-state index in [1.807, 2.05) is 30.6 Å². The predicted molar refractivity (Wildman–Crippen MR) is 76.9 cm³/mol. The highest BCUT2D eigenvalue weighted by atomic mass is 35.5. The minimum absolute atomic E-state index is 0.210. The van der Waals surface area contributed by atoms with Crippen molar-refractivity contribution in [2.75, 3.05) is 12.4 Å². The van der Waals surface area contributed by atoms with Crippen molar-refractivity contribution < 1.29 is 4.74 Å². The van der Waals surface area contributed by atoms with E-state index in [1.165, 1.54) is 4.88 Å². The number of anilines is 1. The van der Waals surface area contributed by atoms with Crippen LogP contribution in [0.15, 0.2) is 23.7 Å². The summed E-state index contributed by atoms with van der Waals surface area (Å²) in [5.74, 6) is 0.684. The predicted octanol–water partition coefficient (Wildman–Crippen LogP) is 4.29. The van der Waals surface area contributed by atoms with Crippen LogP contribution in [0.2, 0.25) is 5.02 Å². The topological polar surface area (TPSA) is 34.1 Å². The van der Waals surface area contributed by atoms with Crippen LogP contribution in [0.3, 0.4) is 0 Å². The molecule has 96 valence electrons. The largest absolute Gasteiger partial charge is 0.495 e. The van der Waals surface area contributed by atoms with Crippen LogP contribution < -0.4 is 10.1 Å². The number of ether oxygens (including phenoxy) is 1. The Morgan fingerprint density at radius 3 is 2.78 bits per heavy atom. The number of aromatic nitrogens is 1. The van der Waals surface area contributed by atoms with Crippen molar-refractivity contribution in [1.82, 2.24) is 4.98 Å². The second-order valence-corrected chi connectivity index (χ2v) is 5.31. The van der Waals surface area contributed by atoms with Gasteiger partial charge in [0.2, 0.25) is 0 Å². The normalized spacial score (nSPS) is 12.2. The number of rotatable bonds is 4. The maximum atomic E-state index is 6.09. The highest BCUT2D eigenvalue weighted by Crippen LogP contribution is 2.30. The Hall–Kier alpha value is -1.26. The van der Waals surface area contributed by atoms with E-state index >= 15 is 0 Å². The van der Waals surface area contributed by atoms with Gasteiger partial charge in [-0.3, -0.25) is 0 Å². The number of methoxy groups -OCH3 is 1.